The molecule has 0 radical (unpaired) electrons. The van der Waals surface area contributed by atoms with Gasteiger partial charge in [-0.15, -0.1) is 11.3 Å². The smallest absolute Gasteiger partial charge is 0.331 e. The first-order chi connectivity index (χ1) is 14.2. The molecule has 1 aromatic heterocycles. The predicted octanol–water partition coefficient (Wildman–Crippen LogP) is 4.35. The van der Waals surface area contributed by atoms with Crippen LogP contribution in [0.3, 0.4) is 0 Å². The summed E-state index contributed by atoms with van der Waals surface area (Å²) in [5, 5.41) is 2.75. The number of rotatable bonds is 6. The fourth-order valence-electron chi connectivity index (χ4n) is 2.76. The Kier molecular flexibility index (Phi) is 5.76. The molecule has 0 N–H and O–H groups in total. The van der Waals surface area contributed by atoms with E-state index in [1.165, 1.54) is 17.4 Å². The lowest BCUT2D eigenvalue weighted by Crippen LogP contribution is -2.15. The molecule has 2 heterocycles. The Labute approximate surface area is 172 Å². The maximum absolute atomic E-state index is 12.0. The molecule has 0 atom stereocenters. The lowest BCUT2D eigenvalue weighted by molar-refractivity contribution is -0.139. The van der Waals surface area contributed by atoms with Gasteiger partial charge in [-0.05, 0) is 48.0 Å². The minimum Gasteiger partial charge on any atom is -0.497 e. The lowest BCUT2D eigenvalue weighted by Gasteiger charge is -2.18. The topological polar surface area (TPSA) is 66.9 Å². The number of aromatic nitrogens is 1. The van der Waals surface area contributed by atoms with Gasteiger partial charge in [-0.25, -0.2) is 9.78 Å². The first-order valence-corrected chi connectivity index (χ1v) is 9.92. The molecule has 0 unspecified atom stereocenters. The molecule has 148 valence electrons. The van der Waals surface area contributed by atoms with Gasteiger partial charge in [-0.1, -0.05) is 6.07 Å². The summed E-state index contributed by atoms with van der Waals surface area (Å²) in [6.45, 7) is 1.19. The minimum absolute atomic E-state index is 0.122. The molecule has 0 amide bonds. The van der Waals surface area contributed by atoms with Gasteiger partial charge in [0, 0.05) is 17.0 Å². The van der Waals surface area contributed by atoms with Crippen molar-refractivity contribution in [2.45, 2.75) is 6.61 Å². The van der Waals surface area contributed by atoms with Crippen molar-refractivity contribution in [1.29, 1.82) is 0 Å². The van der Waals surface area contributed by atoms with Crippen molar-refractivity contribution in [3.63, 3.8) is 0 Å². The number of ether oxygens (including phenoxy) is 4. The highest BCUT2D eigenvalue weighted by Crippen LogP contribution is 2.31. The van der Waals surface area contributed by atoms with Crippen molar-refractivity contribution < 1.29 is 23.7 Å². The highest BCUT2D eigenvalue weighted by molar-refractivity contribution is 7.13. The number of nitrogens with zero attached hydrogens (tertiary/aromatic N) is 1. The highest BCUT2D eigenvalue weighted by Gasteiger charge is 2.11. The Morgan fingerprint density at radius 1 is 1.14 bits per heavy atom. The zero-order valence-corrected chi connectivity index (χ0v) is 16.6. The SMILES string of the molecule is COc1ccc(-c2nc(COC(=O)/C=C/c3ccc4c(c3)OCCO4)cs2)cc1. The normalized spacial score (nSPS) is 12.7. The third-order valence-corrected chi connectivity index (χ3v) is 5.17. The summed E-state index contributed by atoms with van der Waals surface area (Å²) in [6.07, 6.45) is 3.08. The number of benzene rings is 2. The Morgan fingerprint density at radius 3 is 2.72 bits per heavy atom. The Balaban J connectivity index is 1.32. The van der Waals surface area contributed by atoms with E-state index in [4.69, 9.17) is 18.9 Å². The number of hydrogen-bond acceptors (Lipinski definition) is 7. The summed E-state index contributed by atoms with van der Waals surface area (Å²) in [6, 6.07) is 13.2. The summed E-state index contributed by atoms with van der Waals surface area (Å²) < 4.78 is 21.5. The number of carbonyl (C=O) groups excluding carboxylic acids is 1. The first-order valence-electron chi connectivity index (χ1n) is 9.04. The van der Waals surface area contributed by atoms with Gasteiger partial charge in [0.1, 0.15) is 30.6 Å². The van der Waals surface area contributed by atoms with E-state index in [1.54, 1.807) is 13.2 Å². The predicted molar refractivity (Wildman–Crippen MR) is 110 cm³/mol. The summed E-state index contributed by atoms with van der Waals surface area (Å²) >= 11 is 1.50. The monoisotopic (exact) mass is 409 g/mol. The highest BCUT2D eigenvalue weighted by atomic mass is 32.1. The van der Waals surface area contributed by atoms with Crippen molar-refractivity contribution in [3.8, 4) is 27.8 Å². The second-order valence-electron chi connectivity index (χ2n) is 6.22. The number of fused-ring (bicyclic) bond motifs is 1. The van der Waals surface area contributed by atoms with Gasteiger partial charge < -0.3 is 18.9 Å². The van der Waals surface area contributed by atoms with Crippen LogP contribution in [0.2, 0.25) is 0 Å². The number of methoxy groups -OCH3 is 1. The van der Waals surface area contributed by atoms with Gasteiger partial charge in [0.15, 0.2) is 11.5 Å². The van der Waals surface area contributed by atoms with Crippen molar-refractivity contribution in [2.75, 3.05) is 20.3 Å². The zero-order chi connectivity index (χ0) is 20.1. The van der Waals surface area contributed by atoms with Gasteiger partial charge in [0.05, 0.1) is 12.8 Å². The Hall–Kier alpha value is -3.32. The van der Waals surface area contributed by atoms with Gasteiger partial charge in [0.25, 0.3) is 0 Å². The van der Waals surface area contributed by atoms with Gasteiger partial charge >= 0.3 is 5.97 Å². The molecule has 3 aromatic rings. The molecule has 0 spiro atoms. The third-order valence-electron chi connectivity index (χ3n) is 4.23. The van der Waals surface area contributed by atoms with Gasteiger partial charge in [-0.2, -0.15) is 0 Å². The molecule has 0 saturated carbocycles. The van der Waals surface area contributed by atoms with Crippen LogP contribution in [-0.4, -0.2) is 31.3 Å². The molecular formula is C22H19NO5S. The molecule has 2 aromatic carbocycles. The Bertz CT molecular complexity index is 1030. The number of carbonyl (C=O) groups is 1. The van der Waals surface area contributed by atoms with Crippen LogP contribution in [0.25, 0.3) is 16.6 Å². The molecule has 0 fully saturated rings. The van der Waals surface area contributed by atoms with Gasteiger partial charge in [0.2, 0.25) is 0 Å². The van der Waals surface area contributed by atoms with E-state index in [9.17, 15) is 4.79 Å². The third kappa shape index (κ3) is 4.75. The van der Waals surface area contributed by atoms with Crippen LogP contribution in [0.15, 0.2) is 53.9 Å². The number of thiazole rings is 1. The second kappa shape index (κ2) is 8.79. The van der Waals surface area contributed by atoms with Crippen LogP contribution < -0.4 is 14.2 Å². The van der Waals surface area contributed by atoms with E-state index in [0.717, 1.165) is 21.9 Å². The second-order valence-corrected chi connectivity index (χ2v) is 7.07. The van der Waals surface area contributed by atoms with Crippen LogP contribution in [0.1, 0.15) is 11.3 Å². The lowest BCUT2D eigenvalue weighted by atomic mass is 10.2. The molecule has 0 bridgehead atoms. The number of esters is 1. The van der Waals surface area contributed by atoms with Gasteiger partial charge in [-0.3, -0.25) is 0 Å². The van der Waals surface area contributed by atoms with Crippen LogP contribution in [0.5, 0.6) is 17.2 Å². The molecule has 6 nitrogen and oxygen atoms in total. The fraction of sp³-hybridized carbons (Fsp3) is 0.182. The van der Waals surface area contributed by atoms with E-state index in [-0.39, 0.29) is 6.61 Å². The maximum atomic E-state index is 12.0. The molecule has 0 saturated heterocycles. The van der Waals surface area contributed by atoms with Crippen LogP contribution in [-0.2, 0) is 16.1 Å². The molecule has 29 heavy (non-hydrogen) atoms. The average molecular weight is 409 g/mol. The standard InChI is InChI=1S/C22H19NO5S/c1-25-18-6-4-16(5-7-18)22-23-17(14-29-22)13-28-21(24)9-3-15-2-8-19-20(12-15)27-11-10-26-19/h2-9,12,14H,10-11,13H2,1H3/b9-3+. The van der Waals surface area contributed by atoms with Crippen molar-refractivity contribution in [3.05, 3.63) is 65.2 Å². The summed E-state index contributed by atoms with van der Waals surface area (Å²) in [7, 11) is 1.63. The van der Waals surface area contributed by atoms with Crippen molar-refractivity contribution >= 4 is 23.4 Å². The van der Waals surface area contributed by atoms with Crippen molar-refractivity contribution in [2.24, 2.45) is 0 Å². The van der Waals surface area contributed by atoms with Crippen molar-refractivity contribution in [1.82, 2.24) is 4.98 Å². The molecule has 4 rings (SSSR count). The zero-order valence-electron chi connectivity index (χ0n) is 15.8. The van der Waals surface area contributed by atoms with E-state index in [2.05, 4.69) is 4.98 Å². The fourth-order valence-corrected chi connectivity index (χ4v) is 3.57. The Morgan fingerprint density at radius 2 is 1.93 bits per heavy atom. The molecule has 7 heteroatoms. The first kappa shape index (κ1) is 19.0. The van der Waals surface area contributed by atoms with Crippen LogP contribution >= 0.6 is 11.3 Å². The molecular weight excluding hydrogens is 390 g/mol. The van der Waals surface area contributed by atoms with E-state index >= 15 is 0 Å². The largest absolute Gasteiger partial charge is 0.497 e. The van der Waals surface area contributed by atoms with E-state index < -0.39 is 5.97 Å². The minimum atomic E-state index is -0.432. The molecule has 0 aliphatic carbocycles. The van der Waals surface area contributed by atoms with Crippen LogP contribution in [0.4, 0.5) is 0 Å². The van der Waals surface area contributed by atoms with Crippen LogP contribution in [0, 0.1) is 0 Å². The molecule has 1 aliphatic heterocycles. The summed E-state index contributed by atoms with van der Waals surface area (Å²) in [5.41, 5.74) is 2.54. The number of hydrogen-bond donors (Lipinski definition) is 0. The maximum Gasteiger partial charge on any atom is 0.331 e. The summed E-state index contributed by atoms with van der Waals surface area (Å²) in [4.78, 5) is 16.5. The summed E-state index contributed by atoms with van der Waals surface area (Å²) in [5.74, 6) is 1.76. The van der Waals surface area contributed by atoms with E-state index in [1.807, 2.05) is 47.8 Å². The molecule has 1 aliphatic rings. The quantitative estimate of drug-likeness (QED) is 0.446. The van der Waals surface area contributed by atoms with E-state index in [0.29, 0.717) is 30.4 Å². The average Bonchev–Trinajstić information content (AvgIpc) is 3.25.